The van der Waals surface area contributed by atoms with Gasteiger partial charge < -0.3 is 10.5 Å². The average Bonchev–Trinajstić information content (AvgIpc) is 2.73. The zero-order valence-corrected chi connectivity index (χ0v) is 16.5. The Kier molecular flexibility index (Phi) is 5.34. The van der Waals surface area contributed by atoms with Gasteiger partial charge in [-0.1, -0.05) is 30.3 Å². The molecule has 2 unspecified atom stereocenters. The summed E-state index contributed by atoms with van der Waals surface area (Å²) in [7, 11) is -3.78. The van der Waals surface area contributed by atoms with E-state index in [9.17, 15) is 12.8 Å². The van der Waals surface area contributed by atoms with E-state index in [4.69, 9.17) is 10.5 Å². The van der Waals surface area contributed by atoms with Crippen LogP contribution in [0.3, 0.4) is 0 Å². The summed E-state index contributed by atoms with van der Waals surface area (Å²) in [5.41, 5.74) is 8.67. The van der Waals surface area contributed by atoms with Crippen LogP contribution in [0.4, 0.5) is 4.39 Å². The van der Waals surface area contributed by atoms with E-state index in [1.807, 2.05) is 30.3 Å². The molecule has 0 fully saturated rings. The smallest absolute Gasteiger partial charge is 0.213 e. The van der Waals surface area contributed by atoms with Crippen molar-refractivity contribution < 1.29 is 17.5 Å². The van der Waals surface area contributed by atoms with Crippen molar-refractivity contribution in [2.24, 2.45) is 5.73 Å². The highest BCUT2D eigenvalue weighted by Gasteiger charge is 2.38. The van der Waals surface area contributed by atoms with E-state index >= 15 is 0 Å². The van der Waals surface area contributed by atoms with E-state index in [0.29, 0.717) is 30.9 Å². The molecule has 3 aromatic rings. The fraction of sp³-hybridized carbons (Fsp3) is 0.227. The Hall–Kier alpha value is -2.77. The van der Waals surface area contributed by atoms with E-state index in [2.05, 4.69) is 4.98 Å². The van der Waals surface area contributed by atoms with Crippen molar-refractivity contribution in [3.63, 3.8) is 0 Å². The lowest BCUT2D eigenvalue weighted by atomic mass is 9.89. The summed E-state index contributed by atoms with van der Waals surface area (Å²) in [6.45, 7) is 0.378. The summed E-state index contributed by atoms with van der Waals surface area (Å²) in [4.78, 5) is 4.36. The molecule has 5 nitrogen and oxygen atoms in total. The summed E-state index contributed by atoms with van der Waals surface area (Å²) in [5, 5.41) is -0.924. The number of aromatic nitrogens is 1. The van der Waals surface area contributed by atoms with Gasteiger partial charge in [0.15, 0.2) is 9.84 Å². The summed E-state index contributed by atoms with van der Waals surface area (Å²) >= 11 is 0. The molecule has 29 heavy (non-hydrogen) atoms. The number of ether oxygens (including phenoxy) is 1. The van der Waals surface area contributed by atoms with E-state index in [-0.39, 0.29) is 4.90 Å². The van der Waals surface area contributed by atoms with Crippen LogP contribution in [0.25, 0.3) is 0 Å². The van der Waals surface area contributed by atoms with Gasteiger partial charge in [-0.2, -0.15) is 0 Å². The van der Waals surface area contributed by atoms with E-state index in [1.54, 1.807) is 12.3 Å². The average molecular weight is 412 g/mol. The Labute approximate surface area is 169 Å². The molecule has 0 aliphatic heterocycles. The van der Waals surface area contributed by atoms with Gasteiger partial charge in [-0.05, 0) is 53.8 Å². The second kappa shape index (κ2) is 7.93. The number of sulfone groups is 1. The van der Waals surface area contributed by atoms with Gasteiger partial charge in [-0.3, -0.25) is 0 Å². The molecule has 0 saturated carbocycles. The third kappa shape index (κ3) is 4.02. The zero-order valence-electron chi connectivity index (χ0n) is 15.7. The van der Waals surface area contributed by atoms with E-state index < -0.39 is 26.9 Å². The van der Waals surface area contributed by atoms with Crippen molar-refractivity contribution in [1.29, 1.82) is 0 Å². The first kappa shape index (κ1) is 19.5. The van der Waals surface area contributed by atoms with Crippen LogP contribution in [0, 0.1) is 5.82 Å². The van der Waals surface area contributed by atoms with Crippen molar-refractivity contribution in [2.45, 2.75) is 35.6 Å². The van der Waals surface area contributed by atoms with Crippen LogP contribution in [0.2, 0.25) is 0 Å². The fourth-order valence-electron chi connectivity index (χ4n) is 3.64. The molecule has 1 aromatic heterocycles. The van der Waals surface area contributed by atoms with Crippen LogP contribution in [0.15, 0.2) is 71.8 Å². The van der Waals surface area contributed by atoms with Gasteiger partial charge in [-0.15, -0.1) is 0 Å². The lowest BCUT2D eigenvalue weighted by Crippen LogP contribution is -2.38. The van der Waals surface area contributed by atoms with Gasteiger partial charge >= 0.3 is 0 Å². The number of nitrogens with zero attached hydrogens (tertiary/aromatic N) is 1. The molecule has 4 rings (SSSR count). The number of benzene rings is 2. The predicted molar refractivity (Wildman–Crippen MR) is 108 cm³/mol. The number of hydrogen-bond donors (Lipinski definition) is 1. The van der Waals surface area contributed by atoms with Gasteiger partial charge in [0, 0.05) is 18.3 Å². The first-order chi connectivity index (χ1) is 13.9. The van der Waals surface area contributed by atoms with Gasteiger partial charge in [0.05, 0.1) is 4.90 Å². The Bertz CT molecular complexity index is 1100. The SMILES string of the molecule is NC1CCc2cc(OCc3ccccc3)ncc2C1S(=O)(=O)c1ccc(F)cc1. The molecule has 150 valence electrons. The zero-order chi connectivity index (χ0) is 20.4. The molecular formula is C22H21FN2O3S. The number of nitrogens with two attached hydrogens (primary N) is 1. The number of halogens is 1. The highest BCUT2D eigenvalue weighted by Crippen LogP contribution is 2.39. The molecule has 2 aromatic carbocycles. The number of rotatable bonds is 5. The number of fused-ring (bicyclic) bond motifs is 1. The second-order valence-electron chi connectivity index (χ2n) is 7.12. The highest BCUT2D eigenvalue weighted by molar-refractivity contribution is 7.91. The van der Waals surface area contributed by atoms with Crippen LogP contribution in [0.1, 0.15) is 28.4 Å². The Morgan fingerprint density at radius 2 is 1.83 bits per heavy atom. The minimum absolute atomic E-state index is 0.0524. The maximum atomic E-state index is 13.2. The third-order valence-electron chi connectivity index (χ3n) is 5.15. The first-order valence-electron chi connectivity index (χ1n) is 9.36. The Morgan fingerprint density at radius 1 is 1.10 bits per heavy atom. The first-order valence-corrected chi connectivity index (χ1v) is 10.9. The largest absolute Gasteiger partial charge is 0.473 e. The number of pyridine rings is 1. The predicted octanol–water partition coefficient (Wildman–Crippen LogP) is 3.59. The topological polar surface area (TPSA) is 82.3 Å². The normalized spacial score (nSPS) is 18.8. The number of hydrogen-bond acceptors (Lipinski definition) is 5. The lowest BCUT2D eigenvalue weighted by Gasteiger charge is -2.30. The van der Waals surface area contributed by atoms with E-state index in [1.165, 1.54) is 12.1 Å². The van der Waals surface area contributed by atoms with E-state index in [0.717, 1.165) is 23.3 Å². The maximum Gasteiger partial charge on any atom is 0.213 e. The third-order valence-corrected chi connectivity index (χ3v) is 7.35. The molecule has 0 amide bonds. The highest BCUT2D eigenvalue weighted by atomic mass is 32.2. The van der Waals surface area contributed by atoms with Crippen molar-refractivity contribution in [3.05, 3.63) is 89.4 Å². The van der Waals surface area contributed by atoms with Crippen molar-refractivity contribution in [2.75, 3.05) is 0 Å². The molecule has 1 aliphatic rings. The molecular weight excluding hydrogens is 391 g/mol. The molecule has 2 N–H and O–H groups in total. The lowest BCUT2D eigenvalue weighted by molar-refractivity contribution is 0.293. The molecule has 0 spiro atoms. The molecule has 0 bridgehead atoms. The summed E-state index contributed by atoms with van der Waals surface area (Å²) in [6.07, 6.45) is 2.72. The van der Waals surface area contributed by atoms with Crippen LogP contribution >= 0.6 is 0 Å². The molecule has 2 atom stereocenters. The standard InChI is InChI=1S/C22H21FN2O3S/c23-17-7-9-18(10-8-17)29(26,27)22-19-13-25-21(12-16(19)6-11-20(22)24)28-14-15-4-2-1-3-5-15/h1-5,7-10,12-13,20,22H,6,11,14,24H2. The second-order valence-corrected chi connectivity index (χ2v) is 9.19. The molecule has 0 saturated heterocycles. The minimum atomic E-state index is -3.78. The van der Waals surface area contributed by atoms with Crippen LogP contribution in [-0.2, 0) is 22.9 Å². The monoisotopic (exact) mass is 412 g/mol. The molecule has 1 aliphatic carbocycles. The van der Waals surface area contributed by atoms with Gasteiger partial charge in [0.1, 0.15) is 17.7 Å². The fourth-order valence-corrected chi connectivity index (χ4v) is 5.59. The molecule has 0 radical (unpaired) electrons. The quantitative estimate of drug-likeness (QED) is 0.648. The Morgan fingerprint density at radius 3 is 2.55 bits per heavy atom. The van der Waals surface area contributed by atoms with Crippen LogP contribution in [0.5, 0.6) is 5.88 Å². The molecule has 1 heterocycles. The van der Waals surface area contributed by atoms with Crippen molar-refractivity contribution in [1.82, 2.24) is 4.98 Å². The maximum absolute atomic E-state index is 13.2. The van der Waals surface area contributed by atoms with Gasteiger partial charge in [0.2, 0.25) is 5.88 Å². The summed E-state index contributed by atoms with van der Waals surface area (Å²) < 4.78 is 45.4. The van der Waals surface area contributed by atoms with Gasteiger partial charge in [0.25, 0.3) is 0 Å². The Balaban J connectivity index is 1.62. The summed E-state index contributed by atoms with van der Waals surface area (Å²) in [5.74, 6) is -0.0415. The summed E-state index contributed by atoms with van der Waals surface area (Å²) in [6, 6.07) is 15.8. The minimum Gasteiger partial charge on any atom is -0.473 e. The van der Waals surface area contributed by atoms with Crippen molar-refractivity contribution in [3.8, 4) is 5.88 Å². The number of aryl methyl sites for hydroxylation is 1. The van der Waals surface area contributed by atoms with Crippen LogP contribution < -0.4 is 10.5 Å². The molecule has 7 heteroatoms. The van der Waals surface area contributed by atoms with Crippen molar-refractivity contribution >= 4 is 9.84 Å². The van der Waals surface area contributed by atoms with Crippen LogP contribution in [-0.4, -0.2) is 19.4 Å². The van der Waals surface area contributed by atoms with Gasteiger partial charge in [-0.25, -0.2) is 17.8 Å².